The minimum atomic E-state index is -0.0903. The number of hydrogen-bond donors (Lipinski definition) is 0. The van der Waals surface area contributed by atoms with Crippen molar-refractivity contribution in [1.82, 2.24) is 4.90 Å². The van der Waals surface area contributed by atoms with Crippen LogP contribution in [0.15, 0.2) is 46.3 Å². The molecular formula is C21H22N2O3S. The van der Waals surface area contributed by atoms with Gasteiger partial charge >= 0.3 is 0 Å². The van der Waals surface area contributed by atoms with Crippen LogP contribution in [0.2, 0.25) is 0 Å². The van der Waals surface area contributed by atoms with E-state index in [4.69, 9.17) is 9.47 Å². The molecular weight excluding hydrogens is 360 g/mol. The molecule has 0 unspecified atom stereocenters. The normalized spacial score (nSPS) is 17.1. The lowest BCUT2D eigenvalue weighted by molar-refractivity contribution is -0.121. The number of likely N-dealkylation sites (N-methyl/N-ethyl adjacent to an activating group) is 1. The molecule has 1 saturated heterocycles. The summed E-state index contributed by atoms with van der Waals surface area (Å²) in [6.07, 6.45) is 1.81. The lowest BCUT2D eigenvalue weighted by atomic mass is 10.1. The van der Waals surface area contributed by atoms with Gasteiger partial charge in [-0.05, 0) is 61.0 Å². The number of benzene rings is 2. The molecule has 27 heavy (non-hydrogen) atoms. The number of thioether (sulfide) groups is 1. The van der Waals surface area contributed by atoms with Crippen molar-refractivity contribution in [2.24, 2.45) is 4.99 Å². The van der Waals surface area contributed by atoms with E-state index in [2.05, 4.69) is 18.8 Å². The predicted octanol–water partition coefficient (Wildman–Crippen LogP) is 4.55. The zero-order valence-corrected chi connectivity index (χ0v) is 16.9. The van der Waals surface area contributed by atoms with E-state index in [0.29, 0.717) is 21.6 Å². The molecule has 1 aliphatic heterocycles. The fraction of sp³-hybridized carbons (Fsp3) is 0.238. The average Bonchev–Trinajstić information content (AvgIpc) is 2.92. The minimum Gasteiger partial charge on any atom is -0.493 e. The Hall–Kier alpha value is -2.73. The molecule has 3 rings (SSSR count). The summed E-state index contributed by atoms with van der Waals surface area (Å²) >= 11 is 1.35. The van der Waals surface area contributed by atoms with Crippen LogP contribution in [-0.4, -0.2) is 37.2 Å². The van der Waals surface area contributed by atoms with Gasteiger partial charge in [0.2, 0.25) is 0 Å². The number of amides is 1. The zero-order chi connectivity index (χ0) is 19.6. The topological polar surface area (TPSA) is 51.1 Å². The molecule has 0 N–H and O–H groups in total. The number of hydrogen-bond acceptors (Lipinski definition) is 5. The van der Waals surface area contributed by atoms with Crippen LogP contribution < -0.4 is 9.47 Å². The molecule has 0 atom stereocenters. The number of methoxy groups -OCH3 is 2. The van der Waals surface area contributed by atoms with Gasteiger partial charge in [-0.25, -0.2) is 4.99 Å². The van der Waals surface area contributed by atoms with Crippen LogP contribution in [0.25, 0.3) is 6.08 Å². The van der Waals surface area contributed by atoms with E-state index in [-0.39, 0.29) is 5.91 Å². The largest absolute Gasteiger partial charge is 0.493 e. The second kappa shape index (κ2) is 7.88. The highest BCUT2D eigenvalue weighted by atomic mass is 32.2. The van der Waals surface area contributed by atoms with Crippen LogP contribution in [0.3, 0.4) is 0 Å². The Morgan fingerprint density at radius 1 is 1.07 bits per heavy atom. The number of carbonyl (C=O) groups excluding carboxylic acids is 1. The van der Waals surface area contributed by atoms with Crippen molar-refractivity contribution in [3.63, 3.8) is 0 Å². The SMILES string of the molecule is COc1cccc(C=C2SC(=Nc3ccc(C)c(C)c3)N(C)C2=O)c1OC. The van der Waals surface area contributed by atoms with E-state index in [1.807, 2.05) is 42.5 Å². The molecule has 0 saturated carbocycles. The van der Waals surface area contributed by atoms with Crippen molar-refractivity contribution in [3.8, 4) is 11.5 Å². The summed E-state index contributed by atoms with van der Waals surface area (Å²) in [4.78, 5) is 19.5. The molecule has 1 aliphatic rings. The molecule has 0 aliphatic carbocycles. The highest BCUT2D eigenvalue weighted by Crippen LogP contribution is 2.37. The van der Waals surface area contributed by atoms with Gasteiger partial charge in [0.05, 0.1) is 24.8 Å². The van der Waals surface area contributed by atoms with Crippen molar-refractivity contribution < 1.29 is 14.3 Å². The first-order valence-corrected chi connectivity index (χ1v) is 9.30. The van der Waals surface area contributed by atoms with Crippen LogP contribution in [0.4, 0.5) is 5.69 Å². The van der Waals surface area contributed by atoms with Gasteiger partial charge in [0.15, 0.2) is 16.7 Å². The van der Waals surface area contributed by atoms with E-state index in [1.54, 1.807) is 26.2 Å². The summed E-state index contributed by atoms with van der Waals surface area (Å²) in [6, 6.07) is 11.6. The number of amidine groups is 1. The third-order valence-corrected chi connectivity index (χ3v) is 5.50. The highest BCUT2D eigenvalue weighted by molar-refractivity contribution is 8.18. The van der Waals surface area contributed by atoms with Crippen LogP contribution >= 0.6 is 11.8 Å². The van der Waals surface area contributed by atoms with Crippen molar-refractivity contribution in [2.75, 3.05) is 21.3 Å². The Kier molecular flexibility index (Phi) is 5.56. The van der Waals surface area contributed by atoms with E-state index in [9.17, 15) is 4.79 Å². The van der Waals surface area contributed by atoms with Gasteiger partial charge in [-0.2, -0.15) is 0 Å². The Balaban J connectivity index is 1.95. The highest BCUT2D eigenvalue weighted by Gasteiger charge is 2.30. The monoisotopic (exact) mass is 382 g/mol. The molecule has 2 aromatic rings. The Bertz CT molecular complexity index is 950. The van der Waals surface area contributed by atoms with E-state index in [0.717, 1.165) is 11.3 Å². The third kappa shape index (κ3) is 3.85. The van der Waals surface area contributed by atoms with Crippen molar-refractivity contribution in [3.05, 3.63) is 58.0 Å². The van der Waals surface area contributed by atoms with Gasteiger partial charge in [0.1, 0.15) is 0 Å². The third-order valence-electron chi connectivity index (χ3n) is 4.44. The Morgan fingerprint density at radius 3 is 2.52 bits per heavy atom. The standard InChI is InChI=1S/C21H22N2O3S/c1-13-9-10-16(11-14(13)2)22-21-23(3)20(24)18(27-21)12-15-7-6-8-17(25-4)19(15)26-5/h6-12H,1-5H3. The van der Waals surface area contributed by atoms with Crippen LogP contribution in [0, 0.1) is 13.8 Å². The Morgan fingerprint density at radius 2 is 1.85 bits per heavy atom. The molecule has 0 radical (unpaired) electrons. The minimum absolute atomic E-state index is 0.0903. The summed E-state index contributed by atoms with van der Waals surface area (Å²) < 4.78 is 10.8. The summed E-state index contributed by atoms with van der Waals surface area (Å²) in [6.45, 7) is 4.12. The van der Waals surface area contributed by atoms with E-state index >= 15 is 0 Å². The molecule has 1 heterocycles. The fourth-order valence-corrected chi connectivity index (χ4v) is 3.70. The van der Waals surface area contributed by atoms with E-state index < -0.39 is 0 Å². The summed E-state index contributed by atoms with van der Waals surface area (Å²) in [5.74, 6) is 1.13. The number of aliphatic imine (C=N–C) groups is 1. The van der Waals surface area contributed by atoms with Gasteiger partial charge in [-0.15, -0.1) is 0 Å². The van der Waals surface area contributed by atoms with E-state index in [1.165, 1.54) is 22.9 Å². The number of rotatable bonds is 4. The van der Waals surface area contributed by atoms with Crippen molar-refractivity contribution in [2.45, 2.75) is 13.8 Å². The van der Waals surface area contributed by atoms with Gasteiger partial charge in [-0.3, -0.25) is 9.69 Å². The van der Waals surface area contributed by atoms with Crippen molar-refractivity contribution >= 4 is 34.6 Å². The molecule has 140 valence electrons. The van der Waals surface area contributed by atoms with Gasteiger partial charge < -0.3 is 9.47 Å². The quantitative estimate of drug-likeness (QED) is 0.728. The smallest absolute Gasteiger partial charge is 0.266 e. The van der Waals surface area contributed by atoms with Crippen LogP contribution in [0.5, 0.6) is 11.5 Å². The maximum absolute atomic E-state index is 12.7. The zero-order valence-electron chi connectivity index (χ0n) is 16.1. The lowest BCUT2D eigenvalue weighted by Gasteiger charge is -2.10. The number of aryl methyl sites for hydroxylation is 2. The van der Waals surface area contributed by atoms with Gasteiger partial charge in [0.25, 0.3) is 5.91 Å². The predicted molar refractivity (Wildman–Crippen MR) is 111 cm³/mol. The molecule has 0 aromatic heterocycles. The Labute approximate surface area is 163 Å². The number of nitrogens with zero attached hydrogens (tertiary/aromatic N) is 2. The second-order valence-corrected chi connectivity index (χ2v) is 7.23. The maximum atomic E-state index is 12.7. The number of ether oxygens (including phenoxy) is 2. The molecule has 0 bridgehead atoms. The first-order valence-electron chi connectivity index (χ1n) is 8.49. The molecule has 6 heteroatoms. The number of carbonyl (C=O) groups is 1. The molecule has 2 aromatic carbocycles. The van der Waals surface area contributed by atoms with Gasteiger partial charge in [-0.1, -0.05) is 18.2 Å². The summed E-state index contributed by atoms with van der Waals surface area (Å²) in [5.41, 5.74) is 4.01. The first-order chi connectivity index (χ1) is 12.9. The van der Waals surface area contributed by atoms with Crippen LogP contribution in [-0.2, 0) is 4.79 Å². The second-order valence-electron chi connectivity index (χ2n) is 6.22. The summed E-state index contributed by atoms with van der Waals surface area (Å²) in [7, 11) is 4.91. The summed E-state index contributed by atoms with van der Waals surface area (Å²) in [5, 5.41) is 0.649. The van der Waals surface area contributed by atoms with Crippen LogP contribution in [0.1, 0.15) is 16.7 Å². The fourth-order valence-electron chi connectivity index (χ4n) is 2.72. The average molecular weight is 382 g/mol. The maximum Gasteiger partial charge on any atom is 0.266 e. The van der Waals surface area contributed by atoms with Gasteiger partial charge in [0, 0.05) is 12.6 Å². The lowest BCUT2D eigenvalue weighted by Crippen LogP contribution is -2.23. The first kappa shape index (κ1) is 19.0. The molecule has 0 spiro atoms. The van der Waals surface area contributed by atoms with Crippen molar-refractivity contribution in [1.29, 1.82) is 0 Å². The number of para-hydroxylation sites is 1. The molecule has 5 nitrogen and oxygen atoms in total. The molecule has 1 amide bonds. The molecule has 1 fully saturated rings.